The third-order valence-corrected chi connectivity index (χ3v) is 4.73. The van der Waals surface area contributed by atoms with Gasteiger partial charge >= 0.3 is 0 Å². The normalized spacial score (nSPS) is 17.8. The Balaban J connectivity index is 1.54. The number of anilines is 2. The Morgan fingerprint density at radius 1 is 1.43 bits per heavy atom. The molecule has 1 atom stereocenters. The van der Waals surface area contributed by atoms with Crippen molar-refractivity contribution in [2.45, 2.75) is 25.8 Å². The summed E-state index contributed by atoms with van der Waals surface area (Å²) < 4.78 is 1.68. The molecule has 8 heteroatoms. The molecule has 1 fully saturated rings. The molecule has 0 aromatic carbocycles. The van der Waals surface area contributed by atoms with Crippen molar-refractivity contribution in [1.29, 1.82) is 0 Å². The quantitative estimate of drug-likeness (QED) is 0.797. The highest BCUT2D eigenvalue weighted by Gasteiger charge is 2.32. The van der Waals surface area contributed by atoms with Crippen molar-refractivity contribution in [2.75, 3.05) is 16.8 Å². The van der Waals surface area contributed by atoms with Crippen molar-refractivity contribution in [1.82, 2.24) is 19.6 Å². The van der Waals surface area contributed by atoms with Gasteiger partial charge in [0.05, 0.1) is 11.9 Å². The standard InChI is InChI=1S/C15H16N6OS/c1-10-17-13-5-4-11(9-21(13)19-10)18-14(22)12-3-2-7-20(12)15-16-6-8-23-15/h4-6,8-9,12H,2-3,7H2,1H3,(H,18,22). The second-order valence-corrected chi connectivity index (χ2v) is 6.41. The molecule has 1 N–H and O–H groups in total. The Labute approximate surface area is 137 Å². The molecule has 7 nitrogen and oxygen atoms in total. The van der Waals surface area contributed by atoms with Gasteiger partial charge in [-0.2, -0.15) is 5.10 Å². The fourth-order valence-corrected chi connectivity index (χ4v) is 3.64. The summed E-state index contributed by atoms with van der Waals surface area (Å²) in [6.07, 6.45) is 5.40. The molecule has 0 bridgehead atoms. The van der Waals surface area contributed by atoms with Crippen LogP contribution in [0.5, 0.6) is 0 Å². The molecule has 0 aliphatic carbocycles. The van der Waals surface area contributed by atoms with Gasteiger partial charge in [0.2, 0.25) is 5.91 Å². The van der Waals surface area contributed by atoms with Crippen molar-refractivity contribution >= 4 is 33.7 Å². The number of carbonyl (C=O) groups excluding carboxylic acids is 1. The zero-order valence-electron chi connectivity index (χ0n) is 12.6. The van der Waals surface area contributed by atoms with Gasteiger partial charge in [0, 0.05) is 18.1 Å². The zero-order chi connectivity index (χ0) is 15.8. The van der Waals surface area contributed by atoms with E-state index in [9.17, 15) is 4.79 Å². The summed E-state index contributed by atoms with van der Waals surface area (Å²) in [4.78, 5) is 23.3. The molecule has 23 heavy (non-hydrogen) atoms. The van der Waals surface area contributed by atoms with E-state index in [1.54, 1.807) is 28.2 Å². The van der Waals surface area contributed by atoms with Crippen molar-refractivity contribution in [2.24, 2.45) is 0 Å². The predicted molar refractivity (Wildman–Crippen MR) is 88.8 cm³/mol. The van der Waals surface area contributed by atoms with Gasteiger partial charge in [-0.25, -0.2) is 14.5 Å². The maximum absolute atomic E-state index is 12.6. The number of carbonyl (C=O) groups is 1. The molecule has 1 aliphatic rings. The molecule has 0 radical (unpaired) electrons. The van der Waals surface area contributed by atoms with Crippen LogP contribution in [-0.4, -0.2) is 38.1 Å². The molecule has 3 aromatic rings. The van der Waals surface area contributed by atoms with Crippen LogP contribution in [0.3, 0.4) is 0 Å². The van der Waals surface area contributed by atoms with Crippen LogP contribution >= 0.6 is 11.3 Å². The second kappa shape index (κ2) is 5.62. The van der Waals surface area contributed by atoms with Crippen LogP contribution in [0.1, 0.15) is 18.7 Å². The summed E-state index contributed by atoms with van der Waals surface area (Å²) in [5, 5.41) is 10.1. The average molecular weight is 328 g/mol. The lowest BCUT2D eigenvalue weighted by Crippen LogP contribution is -2.39. The third-order valence-electron chi connectivity index (χ3n) is 3.92. The first kappa shape index (κ1) is 14.1. The summed E-state index contributed by atoms with van der Waals surface area (Å²) in [7, 11) is 0. The predicted octanol–water partition coefficient (Wildman–Crippen LogP) is 2.10. The minimum atomic E-state index is -0.172. The van der Waals surface area contributed by atoms with E-state index in [1.165, 1.54) is 0 Å². The van der Waals surface area contributed by atoms with Gasteiger partial charge in [-0.1, -0.05) is 0 Å². The van der Waals surface area contributed by atoms with Crippen molar-refractivity contribution in [3.63, 3.8) is 0 Å². The van der Waals surface area contributed by atoms with Crippen molar-refractivity contribution in [3.8, 4) is 0 Å². The van der Waals surface area contributed by atoms with E-state index in [2.05, 4.69) is 25.3 Å². The fourth-order valence-electron chi connectivity index (χ4n) is 2.92. The highest BCUT2D eigenvalue weighted by Crippen LogP contribution is 2.27. The largest absolute Gasteiger partial charge is 0.336 e. The summed E-state index contributed by atoms with van der Waals surface area (Å²) in [5.74, 6) is 0.702. The molecular weight excluding hydrogens is 312 g/mol. The van der Waals surface area contributed by atoms with E-state index in [4.69, 9.17) is 0 Å². The van der Waals surface area contributed by atoms with Gasteiger partial charge < -0.3 is 10.2 Å². The number of amides is 1. The van der Waals surface area contributed by atoms with E-state index in [-0.39, 0.29) is 11.9 Å². The smallest absolute Gasteiger partial charge is 0.247 e. The lowest BCUT2D eigenvalue weighted by atomic mass is 10.2. The minimum absolute atomic E-state index is 0.00566. The van der Waals surface area contributed by atoms with Crippen molar-refractivity contribution in [3.05, 3.63) is 35.7 Å². The maximum atomic E-state index is 12.6. The van der Waals surface area contributed by atoms with E-state index >= 15 is 0 Å². The minimum Gasteiger partial charge on any atom is -0.336 e. The van der Waals surface area contributed by atoms with E-state index in [0.29, 0.717) is 5.82 Å². The Bertz CT molecular complexity index is 843. The van der Waals surface area contributed by atoms with Crippen LogP contribution in [0.4, 0.5) is 10.8 Å². The van der Waals surface area contributed by atoms with Crippen LogP contribution in [0.15, 0.2) is 29.9 Å². The summed E-state index contributed by atoms with van der Waals surface area (Å²) >= 11 is 1.56. The number of nitrogens with one attached hydrogen (secondary N) is 1. The lowest BCUT2D eigenvalue weighted by molar-refractivity contribution is -0.117. The average Bonchev–Trinajstić information content (AvgIpc) is 3.25. The van der Waals surface area contributed by atoms with Crippen LogP contribution in [0.25, 0.3) is 5.65 Å². The van der Waals surface area contributed by atoms with Gasteiger partial charge in [0.15, 0.2) is 10.8 Å². The second-order valence-electron chi connectivity index (χ2n) is 5.53. The van der Waals surface area contributed by atoms with Crippen LogP contribution in [0, 0.1) is 6.92 Å². The first-order valence-corrected chi connectivity index (χ1v) is 8.39. The molecule has 4 rings (SSSR count). The SMILES string of the molecule is Cc1nc2ccc(NC(=O)C3CCCN3c3nccs3)cn2n1. The Morgan fingerprint density at radius 3 is 3.17 bits per heavy atom. The van der Waals surface area contributed by atoms with E-state index < -0.39 is 0 Å². The topological polar surface area (TPSA) is 75.4 Å². The Hall–Kier alpha value is -2.48. The van der Waals surface area contributed by atoms with Crippen LogP contribution in [0.2, 0.25) is 0 Å². The molecule has 1 saturated heterocycles. The molecule has 0 saturated carbocycles. The zero-order valence-corrected chi connectivity index (χ0v) is 13.5. The number of rotatable bonds is 3. The molecule has 3 aromatic heterocycles. The van der Waals surface area contributed by atoms with Gasteiger partial charge in [-0.05, 0) is 31.9 Å². The summed E-state index contributed by atoms with van der Waals surface area (Å²) in [6, 6.07) is 3.53. The van der Waals surface area contributed by atoms with Crippen LogP contribution in [-0.2, 0) is 4.79 Å². The third kappa shape index (κ3) is 2.65. The van der Waals surface area contributed by atoms with E-state index in [1.807, 2.05) is 24.4 Å². The molecule has 4 heterocycles. The highest BCUT2D eigenvalue weighted by atomic mass is 32.1. The van der Waals surface area contributed by atoms with E-state index in [0.717, 1.165) is 35.9 Å². The highest BCUT2D eigenvalue weighted by molar-refractivity contribution is 7.13. The first-order valence-electron chi connectivity index (χ1n) is 7.51. The monoisotopic (exact) mass is 328 g/mol. The Morgan fingerprint density at radius 2 is 2.35 bits per heavy atom. The molecular formula is C15H16N6OS. The number of aromatic nitrogens is 4. The van der Waals surface area contributed by atoms with Gasteiger partial charge in [-0.3, -0.25) is 4.79 Å². The number of thiazole rings is 1. The van der Waals surface area contributed by atoms with Crippen LogP contribution < -0.4 is 10.2 Å². The lowest BCUT2D eigenvalue weighted by Gasteiger charge is -2.23. The van der Waals surface area contributed by atoms with Gasteiger partial charge in [0.25, 0.3) is 0 Å². The number of hydrogen-bond acceptors (Lipinski definition) is 6. The number of hydrogen-bond donors (Lipinski definition) is 1. The van der Waals surface area contributed by atoms with Gasteiger partial charge in [0.1, 0.15) is 11.9 Å². The molecule has 0 spiro atoms. The number of pyridine rings is 1. The van der Waals surface area contributed by atoms with Gasteiger partial charge in [-0.15, -0.1) is 11.3 Å². The molecule has 1 aliphatic heterocycles. The number of nitrogens with zero attached hydrogens (tertiary/aromatic N) is 5. The fraction of sp³-hybridized carbons (Fsp3) is 0.333. The number of fused-ring (bicyclic) bond motifs is 1. The molecule has 1 amide bonds. The number of aryl methyl sites for hydroxylation is 1. The summed E-state index contributed by atoms with van der Waals surface area (Å²) in [5.41, 5.74) is 1.49. The molecule has 118 valence electrons. The Kier molecular flexibility index (Phi) is 3.45. The van der Waals surface area contributed by atoms with Crippen molar-refractivity contribution < 1.29 is 4.79 Å². The first-order chi connectivity index (χ1) is 11.2. The maximum Gasteiger partial charge on any atom is 0.247 e. The summed E-state index contributed by atoms with van der Waals surface area (Å²) in [6.45, 7) is 2.71. The molecule has 1 unspecified atom stereocenters.